The van der Waals surface area contributed by atoms with E-state index < -0.39 is 11.0 Å². The van der Waals surface area contributed by atoms with E-state index in [9.17, 15) is 4.79 Å². The Morgan fingerprint density at radius 2 is 1.66 bits per heavy atom. The van der Waals surface area contributed by atoms with Crippen LogP contribution in [-0.4, -0.2) is 36.2 Å². The van der Waals surface area contributed by atoms with Crippen LogP contribution in [0.25, 0.3) is 6.08 Å². The number of ether oxygens (including phenoxy) is 1. The summed E-state index contributed by atoms with van der Waals surface area (Å²) in [6.45, 7) is 12.7. The Kier molecular flexibility index (Phi) is 8.21. The first-order chi connectivity index (χ1) is 15.1. The van der Waals surface area contributed by atoms with Crippen molar-refractivity contribution in [2.24, 2.45) is 11.3 Å². The van der Waals surface area contributed by atoms with Gasteiger partial charge in [0.15, 0.2) is 0 Å². The number of esters is 1. The summed E-state index contributed by atoms with van der Waals surface area (Å²) in [6.07, 6.45) is 9.53. The highest BCUT2D eigenvalue weighted by atomic mass is 16.6. The lowest BCUT2D eigenvalue weighted by molar-refractivity contribution is -0.165. The highest BCUT2D eigenvalue weighted by Crippen LogP contribution is 2.40. The van der Waals surface area contributed by atoms with E-state index in [0.29, 0.717) is 30.6 Å². The first-order valence-electron chi connectivity index (χ1n) is 12.6. The van der Waals surface area contributed by atoms with Crippen LogP contribution in [0.5, 0.6) is 0 Å². The Hall–Kier alpha value is -1.65. The number of benzene rings is 1. The lowest BCUT2D eigenvalue weighted by Crippen LogP contribution is -2.46. The van der Waals surface area contributed by atoms with Gasteiger partial charge in [0.2, 0.25) is 0 Å². The summed E-state index contributed by atoms with van der Waals surface area (Å²) in [5.74, 6) is 0.577. The number of hydrogen-bond donors (Lipinski definition) is 2. The SMILES string of the molecule is CC/C(=C\c1ccccc1)[C@@H]1C[C@H]1NC1CCC(NCC(C)(C)C(=O)OC(C)(C)C)CC1. The maximum atomic E-state index is 12.5. The second-order valence-electron chi connectivity index (χ2n) is 11.4. The molecule has 1 aromatic carbocycles. The molecule has 3 rings (SSSR count). The molecule has 4 heteroatoms. The van der Waals surface area contributed by atoms with Crippen molar-refractivity contribution in [3.05, 3.63) is 41.5 Å². The van der Waals surface area contributed by atoms with Crippen LogP contribution >= 0.6 is 0 Å². The van der Waals surface area contributed by atoms with Crippen molar-refractivity contribution in [2.75, 3.05) is 6.54 Å². The van der Waals surface area contributed by atoms with E-state index in [1.807, 2.05) is 34.6 Å². The third-order valence-corrected chi connectivity index (χ3v) is 6.79. The quantitative estimate of drug-likeness (QED) is 0.482. The molecule has 0 aliphatic heterocycles. The van der Waals surface area contributed by atoms with Crippen molar-refractivity contribution < 1.29 is 9.53 Å². The Morgan fingerprint density at radius 1 is 1.03 bits per heavy atom. The number of nitrogens with one attached hydrogen (secondary N) is 2. The monoisotopic (exact) mass is 440 g/mol. The maximum Gasteiger partial charge on any atom is 0.313 e. The third-order valence-electron chi connectivity index (χ3n) is 6.79. The fourth-order valence-corrected chi connectivity index (χ4v) is 4.68. The molecule has 4 nitrogen and oxygen atoms in total. The molecule has 178 valence electrons. The highest BCUT2D eigenvalue weighted by Gasteiger charge is 2.40. The van der Waals surface area contributed by atoms with Crippen LogP contribution in [-0.2, 0) is 9.53 Å². The topological polar surface area (TPSA) is 50.4 Å². The molecule has 2 fully saturated rings. The van der Waals surface area contributed by atoms with Gasteiger partial charge < -0.3 is 15.4 Å². The fraction of sp³-hybridized carbons (Fsp3) is 0.679. The van der Waals surface area contributed by atoms with E-state index in [1.54, 1.807) is 5.57 Å². The molecule has 32 heavy (non-hydrogen) atoms. The molecule has 0 radical (unpaired) electrons. The molecular weight excluding hydrogens is 396 g/mol. The second kappa shape index (κ2) is 10.5. The number of rotatable bonds is 9. The number of carbonyl (C=O) groups excluding carboxylic acids is 1. The molecule has 0 bridgehead atoms. The van der Waals surface area contributed by atoms with Crippen LogP contribution in [0.4, 0.5) is 0 Å². The van der Waals surface area contributed by atoms with Gasteiger partial charge in [-0.05, 0) is 84.6 Å². The Balaban J connectivity index is 1.39. The lowest BCUT2D eigenvalue weighted by Gasteiger charge is -2.33. The van der Waals surface area contributed by atoms with Gasteiger partial charge in [0.1, 0.15) is 5.60 Å². The van der Waals surface area contributed by atoms with Gasteiger partial charge in [-0.2, -0.15) is 0 Å². The molecule has 2 aliphatic carbocycles. The minimum Gasteiger partial charge on any atom is -0.460 e. The van der Waals surface area contributed by atoms with Crippen molar-refractivity contribution in [2.45, 2.75) is 104 Å². The highest BCUT2D eigenvalue weighted by molar-refractivity contribution is 5.76. The molecule has 0 saturated heterocycles. The zero-order chi connectivity index (χ0) is 23.4. The van der Waals surface area contributed by atoms with E-state index in [1.165, 1.54) is 37.7 Å². The van der Waals surface area contributed by atoms with E-state index in [2.05, 4.69) is 54.0 Å². The normalized spacial score (nSPS) is 26.6. The Bertz CT molecular complexity index is 770. The van der Waals surface area contributed by atoms with Crippen molar-refractivity contribution in [3.8, 4) is 0 Å². The summed E-state index contributed by atoms with van der Waals surface area (Å²) in [5.41, 5.74) is 1.95. The number of hydrogen-bond acceptors (Lipinski definition) is 4. The van der Waals surface area contributed by atoms with Crippen LogP contribution in [0.3, 0.4) is 0 Å². The molecule has 2 atom stereocenters. The fourth-order valence-electron chi connectivity index (χ4n) is 4.68. The van der Waals surface area contributed by atoms with E-state index in [-0.39, 0.29) is 5.97 Å². The van der Waals surface area contributed by atoms with E-state index in [4.69, 9.17) is 4.74 Å². The molecule has 0 spiro atoms. The predicted octanol–water partition coefficient (Wildman–Crippen LogP) is 5.73. The molecule has 0 heterocycles. The summed E-state index contributed by atoms with van der Waals surface area (Å²) in [4.78, 5) is 12.5. The molecule has 2 saturated carbocycles. The van der Waals surface area contributed by atoms with Crippen LogP contribution in [0.15, 0.2) is 35.9 Å². The maximum absolute atomic E-state index is 12.5. The largest absolute Gasteiger partial charge is 0.460 e. The van der Waals surface area contributed by atoms with E-state index in [0.717, 1.165) is 6.42 Å². The first kappa shape index (κ1) is 25.0. The second-order valence-corrected chi connectivity index (χ2v) is 11.4. The molecule has 2 N–H and O–H groups in total. The zero-order valence-corrected chi connectivity index (χ0v) is 21.0. The smallest absolute Gasteiger partial charge is 0.313 e. The molecular formula is C28H44N2O2. The predicted molar refractivity (Wildman–Crippen MR) is 133 cm³/mol. The van der Waals surface area contributed by atoms with Gasteiger partial charge in [-0.3, -0.25) is 4.79 Å². The van der Waals surface area contributed by atoms with Gasteiger partial charge >= 0.3 is 5.97 Å². The van der Waals surface area contributed by atoms with Crippen molar-refractivity contribution in [1.29, 1.82) is 0 Å². The van der Waals surface area contributed by atoms with Crippen molar-refractivity contribution in [3.63, 3.8) is 0 Å². The van der Waals surface area contributed by atoms with Crippen LogP contribution in [0, 0.1) is 11.3 Å². The summed E-state index contributed by atoms with van der Waals surface area (Å²) >= 11 is 0. The lowest BCUT2D eigenvalue weighted by atomic mass is 9.88. The van der Waals surface area contributed by atoms with Gasteiger partial charge in [0, 0.05) is 24.7 Å². The molecule has 0 amide bonds. The molecule has 0 aromatic heterocycles. The zero-order valence-electron chi connectivity index (χ0n) is 21.0. The van der Waals surface area contributed by atoms with Crippen molar-refractivity contribution in [1.82, 2.24) is 10.6 Å². The van der Waals surface area contributed by atoms with Crippen LogP contribution < -0.4 is 10.6 Å². The summed E-state index contributed by atoms with van der Waals surface area (Å²) in [7, 11) is 0. The Labute approximate surface area is 195 Å². The molecule has 2 aliphatic rings. The average Bonchev–Trinajstić information content (AvgIpc) is 3.50. The van der Waals surface area contributed by atoms with Crippen LogP contribution in [0.1, 0.15) is 85.6 Å². The van der Waals surface area contributed by atoms with Gasteiger partial charge in [-0.15, -0.1) is 0 Å². The van der Waals surface area contributed by atoms with Crippen molar-refractivity contribution >= 4 is 12.0 Å². The first-order valence-corrected chi connectivity index (χ1v) is 12.6. The summed E-state index contributed by atoms with van der Waals surface area (Å²) in [5, 5.41) is 7.58. The molecule has 0 unspecified atom stereocenters. The standard InChI is InChI=1S/C28H44N2O2/c1-7-21(17-20-11-9-8-10-12-20)24-18-25(24)30-23-15-13-22(14-16-23)29-19-28(5,6)26(31)32-27(2,3)4/h8-12,17,22-25,29-30H,7,13-16,18-19H2,1-6H3/b21-17+/t22?,23?,24-,25+/m0/s1. The molecule has 1 aromatic rings. The van der Waals surface area contributed by atoms with E-state index >= 15 is 0 Å². The number of carbonyl (C=O) groups is 1. The van der Waals surface area contributed by atoms with Gasteiger partial charge in [-0.1, -0.05) is 48.9 Å². The Morgan fingerprint density at radius 3 is 2.25 bits per heavy atom. The van der Waals surface area contributed by atoms with Gasteiger partial charge in [-0.25, -0.2) is 0 Å². The van der Waals surface area contributed by atoms with Gasteiger partial charge in [0.25, 0.3) is 0 Å². The minimum atomic E-state index is -0.509. The van der Waals surface area contributed by atoms with Gasteiger partial charge in [0.05, 0.1) is 5.41 Å². The van der Waals surface area contributed by atoms with Crippen LogP contribution in [0.2, 0.25) is 0 Å². The average molecular weight is 441 g/mol. The minimum absolute atomic E-state index is 0.122. The summed E-state index contributed by atoms with van der Waals surface area (Å²) in [6, 6.07) is 12.5. The summed E-state index contributed by atoms with van der Waals surface area (Å²) < 4.78 is 5.59. The third kappa shape index (κ3) is 7.45.